The van der Waals surface area contributed by atoms with Crippen LogP contribution in [0.2, 0.25) is 0 Å². The minimum atomic E-state index is -4.36. The fourth-order valence-electron chi connectivity index (χ4n) is 2.26. The molecule has 0 amide bonds. The van der Waals surface area contributed by atoms with Gasteiger partial charge in [-0.05, 0) is 40.0 Å². The van der Waals surface area contributed by atoms with Crippen molar-refractivity contribution >= 4 is 15.9 Å². The average molecular weight is 411 g/mol. The molecule has 0 atom stereocenters. The summed E-state index contributed by atoms with van der Waals surface area (Å²) in [6.07, 6.45) is -2.70. The van der Waals surface area contributed by atoms with E-state index in [0.29, 0.717) is 27.5 Å². The number of benzene rings is 1. The minimum absolute atomic E-state index is 0.133. The average Bonchev–Trinajstić information content (AvgIpc) is 3.00. The molecule has 3 rings (SSSR count). The first kappa shape index (κ1) is 17.6. The maximum absolute atomic E-state index is 12.7. The number of imidazole rings is 1. The van der Waals surface area contributed by atoms with Crippen molar-refractivity contribution in [2.45, 2.75) is 25.9 Å². The number of hydrogen-bond acceptors (Lipinski definition) is 3. The Hall–Kier alpha value is -2.22. The van der Waals surface area contributed by atoms with Crippen LogP contribution in [0.25, 0.3) is 22.9 Å². The predicted octanol–water partition coefficient (Wildman–Crippen LogP) is 5.44. The number of aromatic amines is 1. The van der Waals surface area contributed by atoms with E-state index in [1.165, 1.54) is 12.1 Å². The lowest BCUT2D eigenvalue weighted by Crippen LogP contribution is -2.04. The van der Waals surface area contributed by atoms with Gasteiger partial charge in [-0.25, -0.2) is 15.0 Å². The van der Waals surface area contributed by atoms with Crippen LogP contribution in [0.4, 0.5) is 13.2 Å². The third-order valence-corrected chi connectivity index (χ3v) is 4.01. The lowest BCUT2D eigenvalue weighted by molar-refractivity contribution is -0.137. The Kier molecular flexibility index (Phi) is 4.64. The molecule has 2 aromatic heterocycles. The van der Waals surface area contributed by atoms with Crippen LogP contribution in [0, 0.1) is 0 Å². The molecule has 0 aliphatic rings. The van der Waals surface area contributed by atoms with Crippen LogP contribution in [0.3, 0.4) is 0 Å². The molecule has 0 aliphatic heterocycles. The summed E-state index contributed by atoms with van der Waals surface area (Å²) in [6.45, 7) is 3.97. The minimum Gasteiger partial charge on any atom is -0.341 e. The normalized spacial score (nSPS) is 12.0. The predicted molar refractivity (Wildman–Crippen MR) is 91.8 cm³/mol. The molecule has 0 bridgehead atoms. The van der Waals surface area contributed by atoms with Crippen molar-refractivity contribution in [1.29, 1.82) is 0 Å². The Morgan fingerprint density at radius 1 is 1.04 bits per heavy atom. The molecule has 25 heavy (non-hydrogen) atoms. The topological polar surface area (TPSA) is 54.5 Å². The molecular weight excluding hydrogens is 397 g/mol. The summed E-state index contributed by atoms with van der Waals surface area (Å²) in [5, 5.41) is 0. The highest BCUT2D eigenvalue weighted by Crippen LogP contribution is 2.31. The number of nitrogens with one attached hydrogen (secondary N) is 1. The van der Waals surface area contributed by atoms with Crippen molar-refractivity contribution in [3.05, 3.63) is 52.4 Å². The number of halogens is 4. The molecule has 0 unspecified atom stereocenters. The SMILES string of the molecule is CC(C)c1cc(-c2ccc(C(F)(F)F)cc2)nc(-c2nc(Br)c[nH]2)n1. The van der Waals surface area contributed by atoms with Gasteiger partial charge in [-0.15, -0.1) is 0 Å². The van der Waals surface area contributed by atoms with Gasteiger partial charge in [0.05, 0.1) is 11.3 Å². The standard InChI is InChI=1S/C17H14BrF3N4/c1-9(2)12-7-13(10-3-5-11(6-4-10)17(19,20)21)24-16(23-12)15-22-8-14(18)25-15/h3-9H,1-2H3,(H,22,25). The molecule has 130 valence electrons. The number of hydrogen-bond donors (Lipinski definition) is 1. The zero-order valence-electron chi connectivity index (χ0n) is 13.4. The molecule has 0 saturated heterocycles. The van der Waals surface area contributed by atoms with Crippen LogP contribution in [0.5, 0.6) is 0 Å². The van der Waals surface area contributed by atoms with Gasteiger partial charge < -0.3 is 4.98 Å². The van der Waals surface area contributed by atoms with Crippen LogP contribution in [0.15, 0.2) is 41.1 Å². The first-order chi connectivity index (χ1) is 11.7. The summed E-state index contributed by atoms with van der Waals surface area (Å²) in [4.78, 5) is 16.2. The van der Waals surface area contributed by atoms with Crippen LogP contribution in [0.1, 0.15) is 31.0 Å². The van der Waals surface area contributed by atoms with Gasteiger partial charge in [-0.1, -0.05) is 26.0 Å². The van der Waals surface area contributed by atoms with Crippen molar-refractivity contribution in [2.75, 3.05) is 0 Å². The number of aromatic nitrogens is 4. The number of H-pyrrole nitrogens is 1. The number of rotatable bonds is 3. The zero-order valence-corrected chi connectivity index (χ0v) is 15.0. The van der Waals surface area contributed by atoms with Gasteiger partial charge in [0.2, 0.25) is 0 Å². The lowest BCUT2D eigenvalue weighted by atomic mass is 10.0. The van der Waals surface area contributed by atoms with E-state index in [-0.39, 0.29) is 5.92 Å². The van der Waals surface area contributed by atoms with E-state index in [9.17, 15) is 13.2 Å². The molecular formula is C17H14BrF3N4. The quantitative estimate of drug-likeness (QED) is 0.625. The third kappa shape index (κ3) is 3.89. The van der Waals surface area contributed by atoms with Crippen LogP contribution >= 0.6 is 15.9 Å². The van der Waals surface area contributed by atoms with Gasteiger partial charge in [0, 0.05) is 17.5 Å². The molecule has 0 aliphatic carbocycles. The Morgan fingerprint density at radius 2 is 1.72 bits per heavy atom. The summed E-state index contributed by atoms with van der Waals surface area (Å²) in [5.74, 6) is 1.02. The maximum Gasteiger partial charge on any atom is 0.416 e. The number of nitrogens with zero attached hydrogens (tertiary/aromatic N) is 3. The Labute approximate surface area is 150 Å². The Bertz CT molecular complexity index is 886. The van der Waals surface area contributed by atoms with E-state index in [2.05, 4.69) is 35.9 Å². The van der Waals surface area contributed by atoms with Gasteiger partial charge >= 0.3 is 6.18 Å². The highest BCUT2D eigenvalue weighted by atomic mass is 79.9. The van der Waals surface area contributed by atoms with Gasteiger partial charge in [0.15, 0.2) is 11.6 Å². The molecule has 8 heteroatoms. The summed E-state index contributed by atoms with van der Waals surface area (Å²) in [7, 11) is 0. The molecule has 1 N–H and O–H groups in total. The van der Waals surface area contributed by atoms with Gasteiger partial charge in [-0.3, -0.25) is 0 Å². The highest BCUT2D eigenvalue weighted by molar-refractivity contribution is 9.10. The summed E-state index contributed by atoms with van der Waals surface area (Å²) >= 11 is 3.26. The second kappa shape index (κ2) is 6.59. The van der Waals surface area contributed by atoms with Crippen LogP contribution in [-0.2, 0) is 6.18 Å². The van der Waals surface area contributed by atoms with Gasteiger partial charge in [0.25, 0.3) is 0 Å². The smallest absolute Gasteiger partial charge is 0.341 e. The Balaban J connectivity index is 2.07. The van der Waals surface area contributed by atoms with E-state index in [4.69, 9.17) is 0 Å². The molecule has 0 radical (unpaired) electrons. The van der Waals surface area contributed by atoms with E-state index in [1.54, 1.807) is 12.3 Å². The molecule has 3 aromatic rings. The van der Waals surface area contributed by atoms with Gasteiger partial charge in [0.1, 0.15) is 4.60 Å². The Morgan fingerprint density at radius 3 is 2.24 bits per heavy atom. The molecule has 0 fully saturated rings. The van der Waals surface area contributed by atoms with E-state index in [0.717, 1.165) is 17.8 Å². The third-order valence-electron chi connectivity index (χ3n) is 3.60. The van der Waals surface area contributed by atoms with Crippen molar-refractivity contribution < 1.29 is 13.2 Å². The van der Waals surface area contributed by atoms with Gasteiger partial charge in [-0.2, -0.15) is 13.2 Å². The first-order valence-electron chi connectivity index (χ1n) is 7.52. The van der Waals surface area contributed by atoms with E-state index >= 15 is 0 Å². The van der Waals surface area contributed by atoms with Crippen molar-refractivity contribution in [3.63, 3.8) is 0 Å². The number of alkyl halides is 3. The second-order valence-corrected chi connectivity index (χ2v) is 6.62. The lowest BCUT2D eigenvalue weighted by Gasteiger charge is -2.11. The van der Waals surface area contributed by atoms with Crippen LogP contribution in [-0.4, -0.2) is 19.9 Å². The molecule has 0 saturated carbocycles. The zero-order chi connectivity index (χ0) is 18.2. The summed E-state index contributed by atoms with van der Waals surface area (Å²) in [5.41, 5.74) is 1.23. The van der Waals surface area contributed by atoms with Crippen LogP contribution < -0.4 is 0 Å². The summed E-state index contributed by atoms with van der Waals surface area (Å²) < 4.78 is 38.8. The fraction of sp³-hybridized carbons (Fsp3) is 0.235. The second-order valence-electron chi connectivity index (χ2n) is 5.80. The molecule has 0 spiro atoms. The fourth-order valence-corrected chi connectivity index (χ4v) is 2.55. The van der Waals surface area contributed by atoms with Crippen molar-refractivity contribution in [3.8, 4) is 22.9 Å². The molecule has 4 nitrogen and oxygen atoms in total. The monoisotopic (exact) mass is 410 g/mol. The molecule has 1 aromatic carbocycles. The first-order valence-corrected chi connectivity index (χ1v) is 8.31. The van der Waals surface area contributed by atoms with E-state index in [1.807, 2.05) is 13.8 Å². The largest absolute Gasteiger partial charge is 0.416 e. The summed E-state index contributed by atoms with van der Waals surface area (Å²) in [6, 6.07) is 6.72. The maximum atomic E-state index is 12.7. The van der Waals surface area contributed by atoms with Crippen molar-refractivity contribution in [2.24, 2.45) is 0 Å². The molecule has 2 heterocycles. The van der Waals surface area contributed by atoms with E-state index < -0.39 is 11.7 Å². The van der Waals surface area contributed by atoms with Crippen molar-refractivity contribution in [1.82, 2.24) is 19.9 Å². The highest BCUT2D eigenvalue weighted by Gasteiger charge is 2.30.